The van der Waals surface area contributed by atoms with E-state index in [0.29, 0.717) is 11.3 Å². The predicted octanol–water partition coefficient (Wildman–Crippen LogP) is 4.75. The zero-order valence-corrected chi connectivity index (χ0v) is 17.6. The van der Waals surface area contributed by atoms with E-state index in [1.807, 2.05) is 25.3 Å². The maximum absolute atomic E-state index is 14.6. The third kappa shape index (κ3) is 3.68. The molecule has 1 aromatic heterocycles. The first kappa shape index (κ1) is 19.5. The molecule has 0 radical (unpaired) electrons. The molecular weight excluding hydrogens is 377 g/mol. The lowest BCUT2D eigenvalue weighted by Crippen LogP contribution is -2.35. The van der Waals surface area contributed by atoms with Crippen LogP contribution in [-0.4, -0.2) is 40.7 Å². The van der Waals surface area contributed by atoms with Crippen LogP contribution in [0.5, 0.6) is 0 Å². The summed E-state index contributed by atoms with van der Waals surface area (Å²) in [4.78, 5) is 7.27. The largest absolute Gasteiger partial charge is 0.362 e. The average Bonchev–Trinajstić information content (AvgIpc) is 3.10. The summed E-state index contributed by atoms with van der Waals surface area (Å²) in [6.45, 7) is 4.82. The van der Waals surface area contributed by atoms with Crippen molar-refractivity contribution in [3.8, 4) is 11.3 Å². The highest BCUT2D eigenvalue weighted by Crippen LogP contribution is 2.36. The Morgan fingerprint density at radius 3 is 2.67 bits per heavy atom. The Kier molecular flexibility index (Phi) is 5.17. The van der Waals surface area contributed by atoms with Crippen LogP contribution in [0.15, 0.2) is 48.7 Å². The van der Waals surface area contributed by atoms with Gasteiger partial charge in [-0.2, -0.15) is 0 Å². The average molecular weight is 406 g/mol. The summed E-state index contributed by atoms with van der Waals surface area (Å²) in [6, 6.07) is 13.8. The van der Waals surface area contributed by atoms with Gasteiger partial charge in [-0.15, -0.1) is 0 Å². The molecule has 1 atom stereocenters. The van der Waals surface area contributed by atoms with Crippen LogP contribution < -0.4 is 0 Å². The Hall–Kier alpha value is -2.50. The molecule has 2 aliphatic rings. The van der Waals surface area contributed by atoms with E-state index >= 15 is 0 Å². The van der Waals surface area contributed by atoms with Gasteiger partial charge in [0.2, 0.25) is 0 Å². The fourth-order valence-electron chi connectivity index (χ4n) is 4.62. The van der Waals surface area contributed by atoms with Crippen molar-refractivity contribution in [2.24, 2.45) is 0 Å². The summed E-state index contributed by atoms with van der Waals surface area (Å²) in [7, 11) is 2.16. The first-order chi connectivity index (χ1) is 14.6. The van der Waals surface area contributed by atoms with E-state index in [1.165, 1.54) is 11.1 Å². The summed E-state index contributed by atoms with van der Waals surface area (Å²) in [5, 5.41) is 0. The molecule has 0 spiro atoms. The Morgan fingerprint density at radius 2 is 1.87 bits per heavy atom. The number of piperidine rings is 1. The fraction of sp³-hybridized carbons (Fsp3) is 0.400. The van der Waals surface area contributed by atoms with Crippen LogP contribution in [0.25, 0.3) is 11.3 Å². The van der Waals surface area contributed by atoms with Gasteiger partial charge < -0.3 is 14.2 Å². The van der Waals surface area contributed by atoms with Gasteiger partial charge in [0, 0.05) is 31.4 Å². The van der Waals surface area contributed by atoms with Gasteiger partial charge in [0.25, 0.3) is 0 Å². The second kappa shape index (κ2) is 7.97. The number of aryl methyl sites for hydroxylation is 3. The van der Waals surface area contributed by atoms with Gasteiger partial charge >= 0.3 is 0 Å². The minimum Gasteiger partial charge on any atom is -0.362 e. The highest BCUT2D eigenvalue weighted by molar-refractivity contribution is 5.60. The Bertz CT molecular complexity index is 1050. The van der Waals surface area contributed by atoms with Crippen molar-refractivity contribution in [3.63, 3.8) is 0 Å². The molecule has 3 heterocycles. The van der Waals surface area contributed by atoms with Gasteiger partial charge in [0.1, 0.15) is 17.7 Å². The molecule has 5 rings (SSSR count). The smallest absolute Gasteiger partial charge is 0.143 e. The zero-order chi connectivity index (χ0) is 20.7. The van der Waals surface area contributed by atoms with Crippen LogP contribution in [0.1, 0.15) is 41.5 Å². The van der Waals surface area contributed by atoms with E-state index in [-0.39, 0.29) is 18.0 Å². The van der Waals surface area contributed by atoms with Crippen LogP contribution in [0.4, 0.5) is 4.39 Å². The molecule has 3 aromatic rings. The Labute approximate surface area is 177 Å². The SMILES string of the molecule is Cc1ccc(-c2cn3c(n2)C(OC2CCN(C)CC2)c2ccccc2CC3)c(F)c1. The molecule has 0 N–H and O–H groups in total. The monoisotopic (exact) mass is 405 g/mol. The minimum absolute atomic E-state index is 0.210. The van der Waals surface area contributed by atoms with E-state index in [0.717, 1.165) is 50.3 Å². The number of rotatable bonds is 3. The number of hydrogen-bond donors (Lipinski definition) is 0. The number of imidazole rings is 1. The quantitative estimate of drug-likeness (QED) is 0.630. The lowest BCUT2D eigenvalue weighted by molar-refractivity contribution is -0.0275. The molecule has 5 heteroatoms. The molecule has 2 aromatic carbocycles. The molecule has 2 aliphatic heterocycles. The van der Waals surface area contributed by atoms with Gasteiger partial charge in [-0.05, 0) is 62.1 Å². The van der Waals surface area contributed by atoms with Gasteiger partial charge in [0.15, 0.2) is 0 Å². The van der Waals surface area contributed by atoms with E-state index < -0.39 is 0 Å². The number of nitrogens with zero attached hydrogens (tertiary/aromatic N) is 3. The number of ether oxygens (including phenoxy) is 1. The molecule has 1 unspecified atom stereocenters. The first-order valence-corrected chi connectivity index (χ1v) is 10.8. The molecule has 156 valence electrons. The molecule has 0 aliphatic carbocycles. The molecule has 0 bridgehead atoms. The molecule has 30 heavy (non-hydrogen) atoms. The molecule has 4 nitrogen and oxygen atoms in total. The lowest BCUT2D eigenvalue weighted by atomic mass is 10.00. The highest BCUT2D eigenvalue weighted by Gasteiger charge is 2.31. The number of aromatic nitrogens is 2. The number of hydrogen-bond acceptors (Lipinski definition) is 3. The molecule has 1 fully saturated rings. The zero-order valence-electron chi connectivity index (χ0n) is 17.6. The van der Waals surface area contributed by atoms with Gasteiger partial charge in [-0.25, -0.2) is 9.37 Å². The van der Waals surface area contributed by atoms with Crippen molar-refractivity contribution >= 4 is 0 Å². The van der Waals surface area contributed by atoms with Crippen LogP contribution in [0, 0.1) is 12.7 Å². The van der Waals surface area contributed by atoms with Crippen molar-refractivity contribution in [1.82, 2.24) is 14.5 Å². The van der Waals surface area contributed by atoms with Crippen LogP contribution in [-0.2, 0) is 17.7 Å². The number of likely N-dealkylation sites (tertiary alicyclic amines) is 1. The van der Waals surface area contributed by atoms with E-state index in [2.05, 4.69) is 40.8 Å². The van der Waals surface area contributed by atoms with E-state index in [4.69, 9.17) is 9.72 Å². The Morgan fingerprint density at radius 1 is 1.07 bits per heavy atom. The Balaban J connectivity index is 1.54. The van der Waals surface area contributed by atoms with Crippen LogP contribution in [0.2, 0.25) is 0 Å². The number of halogens is 1. The molecule has 0 saturated carbocycles. The fourth-order valence-corrected chi connectivity index (χ4v) is 4.62. The normalized spacial score (nSPS) is 19.9. The van der Waals surface area contributed by atoms with Crippen LogP contribution >= 0.6 is 0 Å². The second-order valence-electron chi connectivity index (χ2n) is 8.63. The first-order valence-electron chi connectivity index (χ1n) is 10.8. The standard InChI is InChI=1S/C25H28FN3O/c1-17-7-8-21(22(26)15-17)23-16-29-14-9-18-5-3-4-6-20(18)24(25(29)27-23)30-19-10-12-28(2)13-11-19/h3-8,15-16,19,24H,9-14H2,1-2H3. The van der Waals surface area contributed by atoms with Crippen molar-refractivity contribution in [3.05, 3.63) is 77.0 Å². The summed E-state index contributed by atoms with van der Waals surface area (Å²) in [6.07, 6.45) is 4.94. The maximum atomic E-state index is 14.6. The molecule has 0 amide bonds. The van der Waals surface area contributed by atoms with Crippen molar-refractivity contribution < 1.29 is 9.13 Å². The summed E-state index contributed by atoms with van der Waals surface area (Å²) in [5.41, 5.74) is 4.64. The summed E-state index contributed by atoms with van der Waals surface area (Å²) in [5.74, 6) is 0.658. The van der Waals surface area contributed by atoms with E-state index in [1.54, 1.807) is 6.07 Å². The topological polar surface area (TPSA) is 30.3 Å². The van der Waals surface area contributed by atoms with E-state index in [9.17, 15) is 4.39 Å². The summed E-state index contributed by atoms with van der Waals surface area (Å²) >= 11 is 0. The maximum Gasteiger partial charge on any atom is 0.143 e. The number of fused-ring (bicyclic) bond motifs is 2. The van der Waals surface area contributed by atoms with Crippen molar-refractivity contribution in [2.75, 3.05) is 20.1 Å². The van der Waals surface area contributed by atoms with Gasteiger partial charge in [0.05, 0.1) is 11.8 Å². The van der Waals surface area contributed by atoms with Crippen LogP contribution in [0.3, 0.4) is 0 Å². The number of benzene rings is 2. The molecule has 1 saturated heterocycles. The molecular formula is C25H28FN3O. The van der Waals surface area contributed by atoms with Crippen molar-refractivity contribution in [1.29, 1.82) is 0 Å². The minimum atomic E-state index is -0.226. The lowest BCUT2D eigenvalue weighted by Gasteiger charge is -2.32. The third-order valence-electron chi connectivity index (χ3n) is 6.40. The highest BCUT2D eigenvalue weighted by atomic mass is 19.1. The van der Waals surface area contributed by atoms with Gasteiger partial charge in [-0.1, -0.05) is 30.3 Å². The third-order valence-corrected chi connectivity index (χ3v) is 6.40. The van der Waals surface area contributed by atoms with Gasteiger partial charge in [-0.3, -0.25) is 0 Å². The summed E-state index contributed by atoms with van der Waals surface area (Å²) < 4.78 is 23.5. The second-order valence-corrected chi connectivity index (χ2v) is 8.63. The van der Waals surface area contributed by atoms with Crippen molar-refractivity contribution in [2.45, 2.75) is 44.9 Å². The predicted molar refractivity (Wildman–Crippen MR) is 116 cm³/mol.